The molecule has 2 N–H and O–H groups in total. The largest absolute Gasteiger partial charge is 0.497 e. The molecule has 1 saturated heterocycles. The number of hydrogen-bond acceptors (Lipinski definition) is 5. The van der Waals surface area contributed by atoms with Gasteiger partial charge in [-0.2, -0.15) is 0 Å². The van der Waals surface area contributed by atoms with Gasteiger partial charge in [0, 0.05) is 60.1 Å². The number of piperidine rings is 1. The SMILES string of the molecule is C=CCN1CC[C@@]2(c3cccc(OC)c3)Cc3[nH]c4ccc([N+](=O)[O-])cc4c3C[C@]2(O)C1. The first-order valence-corrected chi connectivity index (χ1v) is 10.9. The summed E-state index contributed by atoms with van der Waals surface area (Å²) in [6.07, 6.45) is 3.72. The number of H-pyrrole nitrogens is 1. The van der Waals surface area contributed by atoms with Gasteiger partial charge in [-0.1, -0.05) is 18.2 Å². The predicted octanol–water partition coefficient (Wildman–Crippen LogP) is 3.74. The number of aliphatic hydroxyl groups is 1. The molecule has 0 radical (unpaired) electrons. The number of aromatic amines is 1. The first-order valence-electron chi connectivity index (χ1n) is 10.9. The number of non-ortho nitro benzene ring substituents is 1. The molecule has 1 fully saturated rings. The molecular formula is C25H27N3O4. The highest BCUT2D eigenvalue weighted by Crippen LogP contribution is 2.52. The van der Waals surface area contributed by atoms with Gasteiger partial charge in [-0.05, 0) is 42.3 Å². The van der Waals surface area contributed by atoms with E-state index in [4.69, 9.17) is 4.74 Å². The van der Waals surface area contributed by atoms with Gasteiger partial charge in [-0.25, -0.2) is 0 Å². The van der Waals surface area contributed by atoms with Crippen LogP contribution in [0.4, 0.5) is 5.69 Å². The fourth-order valence-corrected chi connectivity index (χ4v) is 5.79. The molecule has 0 bridgehead atoms. The second-order valence-electron chi connectivity index (χ2n) is 9.04. The van der Waals surface area contributed by atoms with Crippen molar-refractivity contribution < 1.29 is 14.8 Å². The Morgan fingerprint density at radius 3 is 2.91 bits per heavy atom. The van der Waals surface area contributed by atoms with Crippen molar-refractivity contribution in [2.75, 3.05) is 26.7 Å². The van der Waals surface area contributed by atoms with Crippen LogP contribution in [0.25, 0.3) is 10.9 Å². The Balaban J connectivity index is 1.68. The lowest BCUT2D eigenvalue weighted by Gasteiger charge is -2.56. The number of nitrogens with zero attached hydrogens (tertiary/aromatic N) is 2. The van der Waals surface area contributed by atoms with Crippen LogP contribution >= 0.6 is 0 Å². The van der Waals surface area contributed by atoms with E-state index in [0.29, 0.717) is 25.9 Å². The van der Waals surface area contributed by atoms with E-state index in [2.05, 4.69) is 22.5 Å². The smallest absolute Gasteiger partial charge is 0.270 e. The van der Waals surface area contributed by atoms with Gasteiger partial charge in [0.1, 0.15) is 5.75 Å². The third-order valence-electron chi connectivity index (χ3n) is 7.38. The zero-order valence-corrected chi connectivity index (χ0v) is 18.1. The number of nitrogens with one attached hydrogen (secondary N) is 1. The van der Waals surface area contributed by atoms with Gasteiger partial charge in [0.05, 0.1) is 17.6 Å². The third-order valence-corrected chi connectivity index (χ3v) is 7.38. The van der Waals surface area contributed by atoms with E-state index >= 15 is 0 Å². The highest BCUT2D eigenvalue weighted by molar-refractivity contribution is 5.87. The normalized spacial score (nSPS) is 25.2. The Hall–Kier alpha value is -3.16. The van der Waals surface area contributed by atoms with Crippen molar-refractivity contribution >= 4 is 16.6 Å². The summed E-state index contributed by atoms with van der Waals surface area (Å²) in [5.74, 6) is 0.769. The predicted molar refractivity (Wildman–Crippen MR) is 123 cm³/mol. The lowest BCUT2D eigenvalue weighted by Crippen LogP contribution is -2.66. The minimum absolute atomic E-state index is 0.0628. The van der Waals surface area contributed by atoms with Gasteiger partial charge in [-0.15, -0.1) is 6.58 Å². The summed E-state index contributed by atoms with van der Waals surface area (Å²) < 4.78 is 5.49. The number of nitro benzene ring substituents is 1. The van der Waals surface area contributed by atoms with Gasteiger partial charge in [0.15, 0.2) is 0 Å². The molecule has 32 heavy (non-hydrogen) atoms. The second kappa shape index (κ2) is 7.46. The number of nitro groups is 1. The molecule has 5 rings (SSSR count). The van der Waals surface area contributed by atoms with E-state index in [1.54, 1.807) is 19.2 Å². The number of aromatic nitrogens is 1. The summed E-state index contributed by atoms with van der Waals surface area (Å²) in [5.41, 5.74) is 2.49. The lowest BCUT2D eigenvalue weighted by molar-refractivity contribution is -0.384. The Morgan fingerprint density at radius 1 is 1.31 bits per heavy atom. The number of likely N-dealkylation sites (tertiary alicyclic amines) is 1. The van der Waals surface area contributed by atoms with E-state index in [1.165, 1.54) is 6.07 Å². The Kier molecular flexibility index (Phi) is 4.83. The number of methoxy groups -OCH3 is 1. The fraction of sp³-hybridized carbons (Fsp3) is 0.360. The van der Waals surface area contributed by atoms with Gasteiger partial charge < -0.3 is 14.8 Å². The van der Waals surface area contributed by atoms with Crippen molar-refractivity contribution in [2.45, 2.75) is 30.3 Å². The van der Waals surface area contributed by atoms with E-state index in [1.807, 2.05) is 24.3 Å². The molecule has 1 aliphatic heterocycles. The summed E-state index contributed by atoms with van der Waals surface area (Å²) >= 11 is 0. The van der Waals surface area contributed by atoms with E-state index in [9.17, 15) is 15.2 Å². The molecule has 0 amide bonds. The number of rotatable bonds is 5. The van der Waals surface area contributed by atoms with Crippen molar-refractivity contribution in [1.82, 2.24) is 9.88 Å². The van der Waals surface area contributed by atoms with Gasteiger partial charge in [0.2, 0.25) is 0 Å². The molecule has 1 aromatic heterocycles. The topological polar surface area (TPSA) is 91.6 Å². The maximum absolute atomic E-state index is 12.3. The molecular weight excluding hydrogens is 406 g/mol. The molecule has 7 heteroatoms. The van der Waals surface area contributed by atoms with Crippen molar-refractivity contribution in [3.05, 3.63) is 82.1 Å². The maximum atomic E-state index is 12.3. The summed E-state index contributed by atoms with van der Waals surface area (Å²) in [5, 5.41) is 24.5. The van der Waals surface area contributed by atoms with Crippen LogP contribution in [0.2, 0.25) is 0 Å². The Bertz CT molecular complexity index is 1220. The third kappa shape index (κ3) is 3.04. The zero-order chi connectivity index (χ0) is 22.5. The molecule has 2 aliphatic rings. The summed E-state index contributed by atoms with van der Waals surface area (Å²) in [7, 11) is 1.65. The van der Waals surface area contributed by atoms with Gasteiger partial charge >= 0.3 is 0 Å². The van der Waals surface area contributed by atoms with Gasteiger partial charge in [0.25, 0.3) is 5.69 Å². The van der Waals surface area contributed by atoms with Crippen molar-refractivity contribution in [3.63, 3.8) is 0 Å². The first kappa shape index (κ1) is 20.7. The summed E-state index contributed by atoms with van der Waals surface area (Å²) in [6, 6.07) is 12.9. The quantitative estimate of drug-likeness (QED) is 0.363. The number of β-amino-alcohol motifs (C(OH)–C–C–N with tert-alkyl or cyclic N) is 1. The molecule has 7 nitrogen and oxygen atoms in total. The number of ether oxygens (including phenoxy) is 1. The molecule has 2 aromatic carbocycles. The summed E-state index contributed by atoms with van der Waals surface area (Å²) in [4.78, 5) is 16.7. The van der Waals surface area contributed by atoms with Crippen LogP contribution < -0.4 is 4.74 Å². The zero-order valence-electron chi connectivity index (χ0n) is 18.1. The molecule has 0 spiro atoms. The van der Waals surface area contributed by atoms with Crippen LogP contribution in [0.5, 0.6) is 5.75 Å². The molecule has 2 atom stereocenters. The van der Waals surface area contributed by atoms with E-state index < -0.39 is 11.0 Å². The fourth-order valence-electron chi connectivity index (χ4n) is 5.79. The molecule has 0 saturated carbocycles. The Labute approximate surface area is 186 Å². The summed E-state index contributed by atoms with van der Waals surface area (Å²) in [6.45, 7) is 5.94. The van der Waals surface area contributed by atoms with Crippen LogP contribution in [-0.4, -0.2) is 52.3 Å². The van der Waals surface area contributed by atoms with E-state index in [0.717, 1.165) is 46.4 Å². The highest BCUT2D eigenvalue weighted by atomic mass is 16.6. The van der Waals surface area contributed by atoms with Crippen LogP contribution in [0.15, 0.2) is 55.1 Å². The molecule has 2 heterocycles. The highest BCUT2D eigenvalue weighted by Gasteiger charge is 2.57. The van der Waals surface area contributed by atoms with Crippen LogP contribution in [0.3, 0.4) is 0 Å². The van der Waals surface area contributed by atoms with Crippen LogP contribution in [0, 0.1) is 10.1 Å². The van der Waals surface area contributed by atoms with Crippen LogP contribution in [0.1, 0.15) is 23.2 Å². The number of hydrogen-bond donors (Lipinski definition) is 2. The van der Waals surface area contributed by atoms with Gasteiger partial charge in [-0.3, -0.25) is 15.0 Å². The standard InChI is InChI=1S/C25H27N3O4/c1-3-10-27-11-9-24(17-5-4-6-19(12-17)32-2)15-23-21(14-25(24,29)16-27)20-13-18(28(30)31)7-8-22(20)26-23/h3-8,12-13,26,29H,1,9-11,14-16H2,2H3/t24-,25-/m0/s1. The minimum Gasteiger partial charge on any atom is -0.497 e. The second-order valence-corrected chi connectivity index (χ2v) is 9.04. The number of fused-ring (bicyclic) bond motifs is 4. The van der Waals surface area contributed by atoms with Crippen LogP contribution in [-0.2, 0) is 18.3 Å². The Morgan fingerprint density at radius 2 is 2.16 bits per heavy atom. The van der Waals surface area contributed by atoms with Crippen molar-refractivity contribution in [2.24, 2.45) is 0 Å². The number of benzene rings is 2. The molecule has 1 aliphatic carbocycles. The monoisotopic (exact) mass is 433 g/mol. The average Bonchev–Trinajstić information content (AvgIpc) is 3.13. The maximum Gasteiger partial charge on any atom is 0.270 e. The van der Waals surface area contributed by atoms with Crippen molar-refractivity contribution in [3.8, 4) is 5.75 Å². The first-order chi connectivity index (χ1) is 15.4. The van der Waals surface area contributed by atoms with Crippen molar-refractivity contribution in [1.29, 1.82) is 0 Å². The average molecular weight is 434 g/mol. The minimum atomic E-state index is -1.03. The molecule has 0 unspecified atom stereocenters. The lowest BCUT2D eigenvalue weighted by atomic mass is 9.56. The molecule has 166 valence electrons. The molecule has 3 aromatic rings. The van der Waals surface area contributed by atoms with E-state index in [-0.39, 0.29) is 10.6 Å².